The Morgan fingerprint density at radius 1 is 1.03 bits per heavy atom. The van der Waals surface area contributed by atoms with Gasteiger partial charge in [-0.15, -0.1) is 0 Å². The van der Waals surface area contributed by atoms with Gasteiger partial charge in [0, 0.05) is 0 Å². The minimum absolute atomic E-state index is 0.0813. The number of phenols is 1. The van der Waals surface area contributed by atoms with Gasteiger partial charge in [-0.1, -0.05) is 46.8 Å². The number of nitrogens with two attached hydrogens (primary N) is 1. The third-order valence-corrected chi connectivity index (χ3v) is 4.47. The maximum atomic E-state index is 12.8. The molecule has 2 amide bonds. The van der Waals surface area contributed by atoms with Crippen LogP contribution in [0.1, 0.15) is 46.6 Å². The molecule has 0 aromatic heterocycles. The normalized spacial score (nSPS) is 14.7. The summed E-state index contributed by atoms with van der Waals surface area (Å²) in [5.41, 5.74) is 6.11. The van der Waals surface area contributed by atoms with Gasteiger partial charge in [0.15, 0.2) is 0 Å². The van der Waals surface area contributed by atoms with Crippen molar-refractivity contribution >= 4 is 17.8 Å². The lowest BCUT2D eigenvalue weighted by Crippen LogP contribution is -2.59. The van der Waals surface area contributed by atoms with Crippen molar-refractivity contribution in [2.24, 2.45) is 17.1 Å². The molecule has 0 saturated carbocycles. The van der Waals surface area contributed by atoms with Crippen LogP contribution in [0, 0.1) is 11.3 Å². The predicted octanol–water partition coefficient (Wildman–Crippen LogP) is 1.41. The van der Waals surface area contributed by atoms with Crippen LogP contribution in [0.2, 0.25) is 0 Å². The first-order chi connectivity index (χ1) is 13.3. The molecule has 1 aromatic rings. The fourth-order valence-electron chi connectivity index (χ4n) is 2.85. The number of aliphatic carboxylic acids is 1. The number of benzene rings is 1. The second-order valence-corrected chi connectivity index (χ2v) is 8.81. The number of carboxylic acid groups (broad SMARTS) is 1. The molecular formula is C21H33N3O5. The predicted molar refractivity (Wildman–Crippen MR) is 110 cm³/mol. The molecule has 6 N–H and O–H groups in total. The summed E-state index contributed by atoms with van der Waals surface area (Å²) in [5, 5.41) is 23.9. The van der Waals surface area contributed by atoms with Gasteiger partial charge in [-0.2, -0.15) is 0 Å². The Balaban J connectivity index is 2.86. The van der Waals surface area contributed by atoms with E-state index >= 15 is 0 Å². The topological polar surface area (TPSA) is 142 Å². The molecular weight excluding hydrogens is 374 g/mol. The molecule has 29 heavy (non-hydrogen) atoms. The van der Waals surface area contributed by atoms with Crippen LogP contribution in [0.3, 0.4) is 0 Å². The standard InChI is InChI=1S/C21H33N3O5/c1-12(2)10-16(20(28)29)23-19(27)17(21(3,4)5)24-18(26)15(22)11-13-6-8-14(25)9-7-13/h6-9,12,15-17,25H,10-11,22H2,1-5H3,(H,23,27)(H,24,26)(H,28,29)/t15-,16-,17+/m0/s1. The highest BCUT2D eigenvalue weighted by molar-refractivity contribution is 5.92. The van der Waals surface area contributed by atoms with Gasteiger partial charge in [0.25, 0.3) is 0 Å². The number of carbonyl (C=O) groups is 3. The second-order valence-electron chi connectivity index (χ2n) is 8.81. The van der Waals surface area contributed by atoms with Crippen molar-refractivity contribution in [3.63, 3.8) is 0 Å². The van der Waals surface area contributed by atoms with Crippen LogP contribution in [-0.4, -0.2) is 46.1 Å². The quantitative estimate of drug-likeness (QED) is 0.419. The van der Waals surface area contributed by atoms with Gasteiger partial charge in [-0.3, -0.25) is 9.59 Å². The van der Waals surface area contributed by atoms with E-state index in [9.17, 15) is 24.6 Å². The summed E-state index contributed by atoms with van der Waals surface area (Å²) >= 11 is 0. The molecule has 0 fully saturated rings. The summed E-state index contributed by atoms with van der Waals surface area (Å²) in [7, 11) is 0. The van der Waals surface area contributed by atoms with E-state index in [0.717, 1.165) is 5.56 Å². The van der Waals surface area contributed by atoms with Crippen molar-refractivity contribution in [1.82, 2.24) is 10.6 Å². The van der Waals surface area contributed by atoms with Crippen molar-refractivity contribution in [2.45, 2.75) is 65.6 Å². The monoisotopic (exact) mass is 407 g/mol. The number of amides is 2. The summed E-state index contributed by atoms with van der Waals surface area (Å²) in [4.78, 5) is 36.8. The van der Waals surface area contributed by atoms with Gasteiger partial charge in [0.1, 0.15) is 17.8 Å². The summed E-state index contributed by atoms with van der Waals surface area (Å²) < 4.78 is 0. The highest BCUT2D eigenvalue weighted by Gasteiger charge is 2.36. The van der Waals surface area contributed by atoms with Crippen LogP contribution in [0.5, 0.6) is 5.75 Å². The van der Waals surface area contributed by atoms with E-state index in [1.807, 2.05) is 13.8 Å². The summed E-state index contributed by atoms with van der Waals surface area (Å²) in [5.74, 6) is -1.99. The molecule has 0 unspecified atom stereocenters. The molecule has 0 aliphatic rings. The zero-order valence-electron chi connectivity index (χ0n) is 17.7. The van der Waals surface area contributed by atoms with Gasteiger partial charge >= 0.3 is 5.97 Å². The first-order valence-corrected chi connectivity index (χ1v) is 9.68. The molecule has 1 aromatic carbocycles. The molecule has 0 radical (unpaired) electrons. The molecule has 0 bridgehead atoms. The number of carboxylic acids is 1. The Hall–Kier alpha value is -2.61. The van der Waals surface area contributed by atoms with Gasteiger partial charge in [-0.05, 0) is 41.9 Å². The van der Waals surface area contributed by atoms with Crippen molar-refractivity contribution in [3.8, 4) is 5.75 Å². The molecule has 0 saturated heterocycles. The maximum absolute atomic E-state index is 12.8. The summed E-state index contributed by atoms with van der Waals surface area (Å²) in [6, 6.07) is 3.46. The van der Waals surface area contributed by atoms with Crippen LogP contribution in [0.15, 0.2) is 24.3 Å². The van der Waals surface area contributed by atoms with Crippen LogP contribution >= 0.6 is 0 Å². The minimum atomic E-state index is -1.12. The maximum Gasteiger partial charge on any atom is 0.326 e. The SMILES string of the molecule is CC(C)C[C@H](NC(=O)[C@@H](NC(=O)[C@@H](N)Cc1ccc(O)cc1)C(C)(C)C)C(=O)O. The fraction of sp³-hybridized carbons (Fsp3) is 0.571. The summed E-state index contributed by atoms with van der Waals surface area (Å²) in [6.07, 6.45) is 0.516. The average molecular weight is 408 g/mol. The third-order valence-electron chi connectivity index (χ3n) is 4.47. The Morgan fingerprint density at radius 2 is 1.59 bits per heavy atom. The highest BCUT2D eigenvalue weighted by atomic mass is 16.4. The smallest absolute Gasteiger partial charge is 0.326 e. The number of hydrogen-bond acceptors (Lipinski definition) is 5. The highest BCUT2D eigenvalue weighted by Crippen LogP contribution is 2.20. The minimum Gasteiger partial charge on any atom is -0.508 e. The lowest BCUT2D eigenvalue weighted by atomic mass is 9.85. The average Bonchev–Trinajstić information content (AvgIpc) is 2.59. The lowest BCUT2D eigenvalue weighted by molar-refractivity contribution is -0.143. The molecule has 0 spiro atoms. The number of phenolic OH excluding ortho intramolecular Hbond substituents is 1. The van der Waals surface area contributed by atoms with Crippen molar-refractivity contribution < 1.29 is 24.6 Å². The third kappa shape index (κ3) is 8.11. The molecule has 0 aliphatic carbocycles. The number of aromatic hydroxyl groups is 1. The zero-order valence-corrected chi connectivity index (χ0v) is 17.7. The molecule has 8 heteroatoms. The van der Waals surface area contributed by atoms with E-state index in [4.69, 9.17) is 5.73 Å². The van der Waals surface area contributed by atoms with Crippen molar-refractivity contribution in [3.05, 3.63) is 29.8 Å². The van der Waals surface area contributed by atoms with Gasteiger partial charge in [0.2, 0.25) is 11.8 Å². The fourth-order valence-corrected chi connectivity index (χ4v) is 2.85. The van der Waals surface area contributed by atoms with Crippen LogP contribution < -0.4 is 16.4 Å². The Kier molecular flexibility index (Phi) is 8.63. The van der Waals surface area contributed by atoms with Gasteiger partial charge in [-0.25, -0.2) is 4.79 Å². The first kappa shape index (κ1) is 24.4. The molecule has 0 aliphatic heterocycles. The number of hydrogen-bond donors (Lipinski definition) is 5. The Labute approximate surface area is 171 Å². The van der Waals surface area contributed by atoms with Crippen molar-refractivity contribution in [2.75, 3.05) is 0 Å². The number of nitrogens with one attached hydrogen (secondary N) is 2. The van der Waals surface area contributed by atoms with E-state index in [1.165, 1.54) is 12.1 Å². The van der Waals surface area contributed by atoms with Crippen LogP contribution in [0.4, 0.5) is 0 Å². The Bertz CT molecular complexity index is 710. The van der Waals surface area contributed by atoms with Crippen LogP contribution in [-0.2, 0) is 20.8 Å². The number of rotatable bonds is 9. The zero-order chi connectivity index (χ0) is 22.4. The van der Waals surface area contributed by atoms with Crippen LogP contribution in [0.25, 0.3) is 0 Å². The first-order valence-electron chi connectivity index (χ1n) is 9.68. The largest absolute Gasteiger partial charge is 0.508 e. The number of carbonyl (C=O) groups excluding carboxylic acids is 2. The summed E-state index contributed by atoms with van der Waals surface area (Å²) in [6.45, 7) is 9.07. The van der Waals surface area contributed by atoms with Crippen molar-refractivity contribution in [1.29, 1.82) is 0 Å². The van der Waals surface area contributed by atoms with E-state index in [1.54, 1.807) is 32.9 Å². The Morgan fingerprint density at radius 3 is 2.03 bits per heavy atom. The molecule has 0 heterocycles. The molecule has 162 valence electrons. The van der Waals surface area contributed by atoms with E-state index in [-0.39, 0.29) is 24.5 Å². The van der Waals surface area contributed by atoms with E-state index < -0.39 is 41.3 Å². The molecule has 8 nitrogen and oxygen atoms in total. The van der Waals surface area contributed by atoms with Gasteiger partial charge in [0.05, 0.1) is 6.04 Å². The lowest BCUT2D eigenvalue weighted by Gasteiger charge is -2.32. The van der Waals surface area contributed by atoms with E-state index in [0.29, 0.717) is 0 Å². The molecule has 1 rings (SSSR count). The molecule has 3 atom stereocenters. The second kappa shape index (κ2) is 10.2. The van der Waals surface area contributed by atoms with E-state index in [2.05, 4.69) is 10.6 Å². The van der Waals surface area contributed by atoms with Gasteiger partial charge < -0.3 is 26.6 Å².